The Bertz CT molecular complexity index is 1350. The van der Waals surface area contributed by atoms with Crippen molar-refractivity contribution in [3.05, 3.63) is 82.1 Å². The van der Waals surface area contributed by atoms with Gasteiger partial charge in [0.2, 0.25) is 0 Å². The SMILES string of the molecule is CCn1cc(Cl)c(C(=O)N2N=C3/C(=C/c4ccccc4OC)CCC[C@H]3[C@H]2c2ccccc2OC)n1. The van der Waals surface area contributed by atoms with Gasteiger partial charge in [-0.15, -0.1) is 0 Å². The minimum atomic E-state index is -0.326. The Morgan fingerprint density at radius 2 is 1.83 bits per heavy atom. The summed E-state index contributed by atoms with van der Waals surface area (Å²) in [7, 11) is 3.32. The number of hydrogen-bond donors (Lipinski definition) is 0. The van der Waals surface area contributed by atoms with Gasteiger partial charge < -0.3 is 9.47 Å². The van der Waals surface area contributed by atoms with E-state index in [-0.39, 0.29) is 23.6 Å². The van der Waals surface area contributed by atoms with Crippen LogP contribution in [0.4, 0.5) is 0 Å². The van der Waals surface area contributed by atoms with Crippen LogP contribution in [0, 0.1) is 5.92 Å². The van der Waals surface area contributed by atoms with E-state index in [0.29, 0.717) is 11.6 Å². The Morgan fingerprint density at radius 1 is 1.11 bits per heavy atom. The number of hydrogen-bond acceptors (Lipinski definition) is 5. The van der Waals surface area contributed by atoms with Crippen molar-refractivity contribution in [1.82, 2.24) is 14.8 Å². The average molecular weight is 505 g/mol. The number of fused-ring (bicyclic) bond motifs is 1. The summed E-state index contributed by atoms with van der Waals surface area (Å²) < 4.78 is 12.9. The van der Waals surface area contributed by atoms with Crippen LogP contribution in [0.1, 0.15) is 53.8 Å². The molecule has 1 fully saturated rings. The van der Waals surface area contributed by atoms with Crippen molar-refractivity contribution in [3.63, 3.8) is 0 Å². The average Bonchev–Trinajstić information content (AvgIpc) is 3.49. The summed E-state index contributed by atoms with van der Waals surface area (Å²) in [4.78, 5) is 13.9. The number of ether oxygens (including phenoxy) is 2. The molecule has 8 heteroatoms. The summed E-state index contributed by atoms with van der Waals surface area (Å²) in [5.41, 5.74) is 4.14. The topological polar surface area (TPSA) is 69.0 Å². The van der Waals surface area contributed by atoms with Crippen molar-refractivity contribution in [3.8, 4) is 11.5 Å². The lowest BCUT2D eigenvalue weighted by Gasteiger charge is -2.30. The van der Waals surface area contributed by atoms with Gasteiger partial charge in [-0.25, -0.2) is 5.01 Å². The number of para-hydroxylation sites is 2. The van der Waals surface area contributed by atoms with E-state index in [0.717, 1.165) is 53.2 Å². The first-order valence-corrected chi connectivity index (χ1v) is 12.5. The van der Waals surface area contributed by atoms with Crippen molar-refractivity contribution in [1.29, 1.82) is 0 Å². The number of aromatic nitrogens is 2. The highest BCUT2D eigenvalue weighted by atomic mass is 35.5. The van der Waals surface area contributed by atoms with Crippen LogP contribution in [0.3, 0.4) is 0 Å². The zero-order chi connectivity index (χ0) is 25.2. The van der Waals surface area contributed by atoms with Crippen LogP contribution in [-0.2, 0) is 6.54 Å². The first-order valence-electron chi connectivity index (χ1n) is 12.2. The molecule has 2 heterocycles. The fourth-order valence-electron chi connectivity index (χ4n) is 5.17. The number of methoxy groups -OCH3 is 2. The van der Waals surface area contributed by atoms with Gasteiger partial charge in [-0.05, 0) is 50.0 Å². The molecule has 2 atom stereocenters. The molecule has 0 radical (unpaired) electrons. The van der Waals surface area contributed by atoms with Gasteiger partial charge >= 0.3 is 0 Å². The zero-order valence-electron chi connectivity index (χ0n) is 20.6. The molecular formula is C28H29ClN4O3. The molecule has 0 bridgehead atoms. The highest BCUT2D eigenvalue weighted by Gasteiger charge is 2.45. The van der Waals surface area contributed by atoms with E-state index in [2.05, 4.69) is 11.2 Å². The first-order chi connectivity index (χ1) is 17.5. The third-order valence-corrected chi connectivity index (χ3v) is 7.16. The number of carbonyl (C=O) groups excluding carboxylic acids is 1. The van der Waals surface area contributed by atoms with E-state index >= 15 is 0 Å². The summed E-state index contributed by atoms with van der Waals surface area (Å²) in [5, 5.41) is 11.3. The van der Waals surface area contributed by atoms with Gasteiger partial charge in [0, 0.05) is 29.8 Å². The van der Waals surface area contributed by atoms with Crippen LogP contribution in [-0.4, -0.2) is 40.6 Å². The van der Waals surface area contributed by atoms with E-state index < -0.39 is 0 Å². The zero-order valence-corrected chi connectivity index (χ0v) is 21.4. The molecular weight excluding hydrogens is 476 g/mol. The number of aryl methyl sites for hydroxylation is 1. The second-order valence-corrected chi connectivity index (χ2v) is 9.32. The van der Waals surface area contributed by atoms with Gasteiger partial charge in [-0.2, -0.15) is 10.2 Å². The molecule has 0 saturated heterocycles. The number of hydrazone groups is 1. The summed E-state index contributed by atoms with van der Waals surface area (Å²) in [6.45, 7) is 2.57. The van der Waals surface area contributed by atoms with Gasteiger partial charge in [0.25, 0.3) is 5.91 Å². The van der Waals surface area contributed by atoms with Crippen molar-refractivity contribution in [2.75, 3.05) is 14.2 Å². The van der Waals surface area contributed by atoms with Gasteiger partial charge in [0.1, 0.15) is 11.5 Å². The molecule has 36 heavy (non-hydrogen) atoms. The van der Waals surface area contributed by atoms with E-state index in [1.165, 1.54) is 0 Å². The minimum Gasteiger partial charge on any atom is -0.496 e. The molecule has 1 aliphatic heterocycles. The molecule has 1 aromatic heterocycles. The Labute approximate surface area is 216 Å². The fraction of sp³-hybridized carbons (Fsp3) is 0.321. The van der Waals surface area contributed by atoms with Gasteiger partial charge in [0.15, 0.2) is 5.69 Å². The Hall–Kier alpha value is -3.58. The molecule has 2 aromatic carbocycles. The first kappa shape index (κ1) is 24.1. The molecule has 0 spiro atoms. The monoisotopic (exact) mass is 504 g/mol. The summed E-state index contributed by atoms with van der Waals surface area (Å²) in [6.07, 6.45) is 6.58. The standard InChI is InChI=1S/C28H29ClN4O3/c1-4-32-17-22(29)26(30-32)28(34)33-27(20-12-6-8-15-24(20)36-3)21-13-9-11-19(25(21)31-33)16-18-10-5-7-14-23(18)35-2/h5-8,10,12,14-17,21,27H,4,9,11,13H2,1-3H3/b19-16+/t21-,27-/m1/s1. The molecule has 0 unspecified atom stereocenters. The van der Waals surface area contributed by atoms with Gasteiger partial charge in [-0.3, -0.25) is 9.48 Å². The van der Waals surface area contributed by atoms with E-state index in [1.807, 2.05) is 55.5 Å². The quantitative estimate of drug-likeness (QED) is 0.412. The molecule has 1 saturated carbocycles. The van der Waals surface area contributed by atoms with Crippen molar-refractivity contribution >= 4 is 29.3 Å². The van der Waals surface area contributed by atoms with E-state index in [4.69, 9.17) is 26.2 Å². The van der Waals surface area contributed by atoms with Crippen LogP contribution in [0.5, 0.6) is 11.5 Å². The van der Waals surface area contributed by atoms with E-state index in [1.54, 1.807) is 30.1 Å². The van der Waals surface area contributed by atoms with Crippen LogP contribution < -0.4 is 9.47 Å². The van der Waals surface area contributed by atoms with Crippen LogP contribution in [0.15, 0.2) is 65.4 Å². The molecule has 7 nitrogen and oxygen atoms in total. The minimum absolute atomic E-state index is 0.0204. The maximum Gasteiger partial charge on any atom is 0.296 e. The molecule has 1 aliphatic carbocycles. The third-order valence-electron chi connectivity index (χ3n) is 6.88. The normalized spacial score (nSPS) is 20.3. The number of amides is 1. The molecule has 2 aliphatic rings. The van der Waals surface area contributed by atoms with Crippen molar-refractivity contribution in [2.24, 2.45) is 11.0 Å². The summed E-state index contributed by atoms with van der Waals surface area (Å²) >= 11 is 6.44. The maximum atomic E-state index is 13.9. The lowest BCUT2D eigenvalue weighted by molar-refractivity contribution is 0.0671. The largest absolute Gasteiger partial charge is 0.496 e. The predicted molar refractivity (Wildman–Crippen MR) is 141 cm³/mol. The number of benzene rings is 2. The maximum absolute atomic E-state index is 13.9. The Balaban J connectivity index is 1.63. The van der Waals surface area contributed by atoms with Crippen molar-refractivity contribution in [2.45, 2.75) is 38.8 Å². The summed E-state index contributed by atoms with van der Waals surface area (Å²) in [6, 6.07) is 15.4. The number of nitrogens with zero attached hydrogens (tertiary/aromatic N) is 4. The number of halogens is 1. The van der Waals surface area contributed by atoms with E-state index in [9.17, 15) is 4.79 Å². The smallest absolute Gasteiger partial charge is 0.296 e. The van der Waals surface area contributed by atoms with Gasteiger partial charge in [-0.1, -0.05) is 48.0 Å². The Morgan fingerprint density at radius 3 is 2.56 bits per heavy atom. The number of carbonyl (C=O) groups is 1. The lowest BCUT2D eigenvalue weighted by Crippen LogP contribution is -2.32. The predicted octanol–water partition coefficient (Wildman–Crippen LogP) is 6.01. The lowest BCUT2D eigenvalue weighted by atomic mass is 9.77. The number of allylic oxidation sites excluding steroid dienone is 1. The fourth-order valence-corrected chi connectivity index (χ4v) is 5.40. The van der Waals surface area contributed by atoms with Crippen LogP contribution >= 0.6 is 11.6 Å². The van der Waals surface area contributed by atoms with Crippen LogP contribution in [0.2, 0.25) is 5.02 Å². The molecule has 0 N–H and O–H groups in total. The third kappa shape index (κ3) is 4.28. The summed E-state index contributed by atoms with van der Waals surface area (Å²) in [5.74, 6) is 1.23. The second-order valence-electron chi connectivity index (χ2n) is 8.91. The van der Waals surface area contributed by atoms with Crippen LogP contribution in [0.25, 0.3) is 6.08 Å². The second kappa shape index (κ2) is 10.2. The Kier molecular flexibility index (Phi) is 6.83. The molecule has 5 rings (SSSR count). The molecule has 1 amide bonds. The van der Waals surface area contributed by atoms with Gasteiger partial charge in [0.05, 0.1) is 31.0 Å². The molecule has 3 aromatic rings. The molecule has 186 valence electrons. The highest BCUT2D eigenvalue weighted by molar-refractivity contribution is 6.33. The highest BCUT2D eigenvalue weighted by Crippen LogP contribution is 2.47. The number of rotatable bonds is 6. The van der Waals surface area contributed by atoms with Crippen molar-refractivity contribution < 1.29 is 14.3 Å².